The normalized spacial score (nSPS) is 18.5. The lowest BCUT2D eigenvalue weighted by Crippen LogP contribution is -2.21. The minimum Gasteiger partial charge on any atom is -0.373 e. The standard InChI is InChI=1S/C11H19N3OS/c1-11(2,3)8(15-4)9-13-10(16-14-9)12-7-5-6-7/h7-8H,5-6H2,1-4H3,(H,12,13,14). The van der Waals surface area contributed by atoms with E-state index in [0.717, 1.165) is 11.0 Å². The summed E-state index contributed by atoms with van der Waals surface area (Å²) < 4.78 is 9.87. The average Bonchev–Trinajstić information content (AvgIpc) is 2.85. The number of ether oxygens (including phenoxy) is 1. The van der Waals surface area contributed by atoms with Gasteiger partial charge in [0.25, 0.3) is 0 Å². The first-order chi connectivity index (χ1) is 7.50. The van der Waals surface area contributed by atoms with Crippen LogP contribution in [-0.2, 0) is 4.74 Å². The average molecular weight is 241 g/mol. The molecule has 0 aromatic carbocycles. The maximum absolute atomic E-state index is 5.49. The molecule has 0 saturated heterocycles. The van der Waals surface area contributed by atoms with E-state index in [0.29, 0.717) is 6.04 Å². The van der Waals surface area contributed by atoms with Crippen LogP contribution in [0.25, 0.3) is 0 Å². The summed E-state index contributed by atoms with van der Waals surface area (Å²) in [4.78, 5) is 4.50. The Bertz CT molecular complexity index is 354. The van der Waals surface area contributed by atoms with E-state index in [9.17, 15) is 0 Å². The predicted molar refractivity (Wildman–Crippen MR) is 65.8 cm³/mol. The SMILES string of the molecule is COC(c1nsc(NC2CC2)n1)C(C)(C)C. The van der Waals surface area contributed by atoms with Gasteiger partial charge in [0, 0.05) is 24.7 Å². The smallest absolute Gasteiger partial charge is 0.202 e. The summed E-state index contributed by atoms with van der Waals surface area (Å²) in [6.45, 7) is 6.41. The van der Waals surface area contributed by atoms with Crippen LogP contribution in [0.5, 0.6) is 0 Å². The number of methoxy groups -OCH3 is 1. The van der Waals surface area contributed by atoms with Crippen molar-refractivity contribution in [3.8, 4) is 0 Å². The zero-order valence-corrected chi connectivity index (χ0v) is 11.1. The summed E-state index contributed by atoms with van der Waals surface area (Å²) in [6.07, 6.45) is 2.46. The number of hydrogen-bond donors (Lipinski definition) is 1. The molecule has 4 nitrogen and oxygen atoms in total. The van der Waals surface area contributed by atoms with E-state index in [1.165, 1.54) is 24.4 Å². The molecule has 5 heteroatoms. The Kier molecular flexibility index (Phi) is 3.17. The number of aromatic nitrogens is 2. The third-order valence-electron chi connectivity index (χ3n) is 2.60. The van der Waals surface area contributed by atoms with Crippen molar-refractivity contribution in [2.45, 2.75) is 45.8 Å². The monoisotopic (exact) mass is 241 g/mol. The molecule has 1 atom stereocenters. The number of hydrogen-bond acceptors (Lipinski definition) is 5. The lowest BCUT2D eigenvalue weighted by Gasteiger charge is -2.26. The summed E-state index contributed by atoms with van der Waals surface area (Å²) in [6, 6.07) is 0.622. The molecule has 90 valence electrons. The Balaban J connectivity index is 2.09. The molecule has 1 aromatic rings. The molecule has 16 heavy (non-hydrogen) atoms. The Morgan fingerprint density at radius 1 is 1.44 bits per heavy atom. The quantitative estimate of drug-likeness (QED) is 0.880. The van der Waals surface area contributed by atoms with Crippen molar-refractivity contribution in [2.24, 2.45) is 5.41 Å². The zero-order chi connectivity index (χ0) is 11.8. The van der Waals surface area contributed by atoms with Crippen LogP contribution < -0.4 is 5.32 Å². The molecule has 1 saturated carbocycles. The Labute approximate surface area is 101 Å². The maximum atomic E-state index is 5.49. The van der Waals surface area contributed by atoms with Crippen LogP contribution in [0.15, 0.2) is 0 Å². The van der Waals surface area contributed by atoms with Gasteiger partial charge in [0.2, 0.25) is 5.13 Å². The van der Waals surface area contributed by atoms with Gasteiger partial charge >= 0.3 is 0 Å². The Morgan fingerprint density at radius 2 is 2.12 bits per heavy atom. The maximum Gasteiger partial charge on any atom is 0.202 e. The lowest BCUT2D eigenvalue weighted by atomic mass is 9.88. The fourth-order valence-electron chi connectivity index (χ4n) is 1.65. The second kappa shape index (κ2) is 4.30. The van der Waals surface area contributed by atoms with Crippen LogP contribution in [0.3, 0.4) is 0 Å². The van der Waals surface area contributed by atoms with Gasteiger partial charge in [0.05, 0.1) is 0 Å². The topological polar surface area (TPSA) is 47.0 Å². The van der Waals surface area contributed by atoms with Crippen molar-refractivity contribution in [3.05, 3.63) is 5.82 Å². The molecule has 0 radical (unpaired) electrons. The number of nitrogens with one attached hydrogen (secondary N) is 1. The van der Waals surface area contributed by atoms with Crippen LogP contribution in [0.4, 0.5) is 5.13 Å². The van der Waals surface area contributed by atoms with Crippen molar-refractivity contribution in [3.63, 3.8) is 0 Å². The minimum absolute atomic E-state index is 0.0205. The fourth-order valence-corrected chi connectivity index (χ4v) is 2.32. The van der Waals surface area contributed by atoms with E-state index in [1.54, 1.807) is 7.11 Å². The lowest BCUT2D eigenvalue weighted by molar-refractivity contribution is 0.00960. The predicted octanol–water partition coefficient (Wildman–Crippen LogP) is 2.85. The Morgan fingerprint density at radius 3 is 2.62 bits per heavy atom. The van der Waals surface area contributed by atoms with E-state index < -0.39 is 0 Å². The molecular formula is C11H19N3OS. The van der Waals surface area contributed by atoms with Crippen LogP contribution >= 0.6 is 11.5 Å². The summed E-state index contributed by atoms with van der Waals surface area (Å²) in [7, 11) is 1.71. The minimum atomic E-state index is -0.0431. The van der Waals surface area contributed by atoms with E-state index >= 15 is 0 Å². The van der Waals surface area contributed by atoms with Crippen LogP contribution in [0.2, 0.25) is 0 Å². The second-order valence-electron chi connectivity index (χ2n) is 5.36. The molecule has 2 rings (SSSR count). The first-order valence-electron chi connectivity index (χ1n) is 5.63. The van der Waals surface area contributed by atoms with Crippen LogP contribution in [-0.4, -0.2) is 22.5 Å². The van der Waals surface area contributed by atoms with E-state index in [1.807, 2.05) is 0 Å². The molecule has 1 N–H and O–H groups in total. The van der Waals surface area contributed by atoms with Crippen molar-refractivity contribution < 1.29 is 4.74 Å². The Hall–Kier alpha value is -0.680. The van der Waals surface area contributed by atoms with E-state index in [2.05, 4.69) is 35.4 Å². The molecule has 1 aliphatic rings. The van der Waals surface area contributed by atoms with Crippen molar-refractivity contribution in [1.29, 1.82) is 0 Å². The van der Waals surface area contributed by atoms with Gasteiger partial charge in [-0.2, -0.15) is 4.37 Å². The van der Waals surface area contributed by atoms with Crippen molar-refractivity contribution >= 4 is 16.7 Å². The number of nitrogens with zero attached hydrogens (tertiary/aromatic N) is 2. The van der Waals surface area contributed by atoms with Gasteiger partial charge in [-0.15, -0.1) is 0 Å². The molecule has 0 aliphatic heterocycles. The third kappa shape index (κ3) is 2.71. The summed E-state index contributed by atoms with van der Waals surface area (Å²) >= 11 is 1.43. The molecule has 0 spiro atoms. The molecular weight excluding hydrogens is 222 g/mol. The van der Waals surface area contributed by atoms with E-state index in [4.69, 9.17) is 4.74 Å². The number of anilines is 1. The molecule has 1 aliphatic carbocycles. The molecule has 0 bridgehead atoms. The molecule has 1 heterocycles. The summed E-state index contributed by atoms with van der Waals surface area (Å²) in [5.41, 5.74) is 0.0205. The highest BCUT2D eigenvalue weighted by molar-refractivity contribution is 7.09. The highest BCUT2D eigenvalue weighted by Crippen LogP contribution is 2.35. The van der Waals surface area contributed by atoms with Gasteiger partial charge < -0.3 is 10.1 Å². The molecule has 1 fully saturated rings. The molecule has 1 aromatic heterocycles. The summed E-state index contributed by atoms with van der Waals surface area (Å²) in [5, 5.41) is 4.28. The molecule has 0 amide bonds. The number of rotatable bonds is 4. The highest BCUT2D eigenvalue weighted by Gasteiger charge is 2.30. The van der Waals surface area contributed by atoms with Gasteiger partial charge in [-0.3, -0.25) is 0 Å². The van der Waals surface area contributed by atoms with E-state index in [-0.39, 0.29) is 11.5 Å². The van der Waals surface area contributed by atoms with Crippen LogP contribution in [0.1, 0.15) is 45.5 Å². The van der Waals surface area contributed by atoms with Gasteiger partial charge in [-0.25, -0.2) is 4.98 Å². The van der Waals surface area contributed by atoms with Crippen molar-refractivity contribution in [2.75, 3.05) is 12.4 Å². The fraction of sp³-hybridized carbons (Fsp3) is 0.818. The van der Waals surface area contributed by atoms with Gasteiger partial charge in [-0.1, -0.05) is 20.8 Å². The van der Waals surface area contributed by atoms with Crippen molar-refractivity contribution in [1.82, 2.24) is 9.36 Å². The van der Waals surface area contributed by atoms with Gasteiger partial charge in [0.15, 0.2) is 5.82 Å². The van der Waals surface area contributed by atoms with Gasteiger partial charge in [-0.05, 0) is 18.3 Å². The summed E-state index contributed by atoms with van der Waals surface area (Å²) in [5.74, 6) is 0.795. The van der Waals surface area contributed by atoms with Crippen LogP contribution in [0, 0.1) is 5.41 Å². The third-order valence-corrected chi connectivity index (χ3v) is 3.26. The first kappa shape index (κ1) is 11.8. The first-order valence-corrected chi connectivity index (χ1v) is 6.41. The second-order valence-corrected chi connectivity index (χ2v) is 6.11. The largest absolute Gasteiger partial charge is 0.373 e. The van der Waals surface area contributed by atoms with Gasteiger partial charge in [0.1, 0.15) is 6.10 Å². The zero-order valence-electron chi connectivity index (χ0n) is 10.3. The highest BCUT2D eigenvalue weighted by atomic mass is 32.1. The molecule has 1 unspecified atom stereocenters.